The van der Waals surface area contributed by atoms with Crippen LogP contribution in [0.3, 0.4) is 0 Å². The molecule has 0 radical (unpaired) electrons. The highest BCUT2D eigenvalue weighted by Crippen LogP contribution is 2.17. The second kappa shape index (κ2) is 7.00. The molecule has 20 heavy (non-hydrogen) atoms. The number of benzene rings is 2. The Hall–Kier alpha value is -1.19. The van der Waals surface area contributed by atoms with Crippen LogP contribution in [0.25, 0.3) is 0 Å². The molecule has 0 aliphatic rings. The smallest absolute Gasteiger partial charge is 0.127 e. The molecule has 0 aliphatic heterocycles. The number of rotatable bonds is 5. The summed E-state index contributed by atoms with van der Waals surface area (Å²) >= 11 is 3.26. The van der Waals surface area contributed by atoms with Gasteiger partial charge >= 0.3 is 0 Å². The Morgan fingerprint density at radius 1 is 1.15 bits per heavy atom. The van der Waals surface area contributed by atoms with Gasteiger partial charge in [0.25, 0.3) is 0 Å². The van der Waals surface area contributed by atoms with Crippen molar-refractivity contribution in [3.8, 4) is 0 Å². The first-order chi connectivity index (χ1) is 9.54. The Labute approximate surface area is 128 Å². The molecule has 1 nitrogen and oxygen atoms in total. The molecule has 2 aromatic carbocycles. The van der Waals surface area contributed by atoms with E-state index in [1.54, 1.807) is 6.07 Å². The molecule has 0 spiro atoms. The maximum absolute atomic E-state index is 13.7. The third-order valence-electron chi connectivity index (χ3n) is 3.42. The lowest BCUT2D eigenvalue weighted by molar-refractivity contribution is 0.565. The van der Waals surface area contributed by atoms with Gasteiger partial charge in [0.05, 0.1) is 0 Å². The van der Waals surface area contributed by atoms with Crippen LogP contribution in [0.15, 0.2) is 46.9 Å². The zero-order valence-electron chi connectivity index (χ0n) is 11.6. The maximum atomic E-state index is 13.7. The Morgan fingerprint density at radius 3 is 2.50 bits per heavy atom. The SMILES string of the molecule is Cc1ccc(CCC(N)Cc2ccc(Br)cc2F)cc1. The monoisotopic (exact) mass is 335 g/mol. The predicted octanol–water partition coefficient (Wildman–Crippen LogP) is 4.40. The Morgan fingerprint density at radius 2 is 1.85 bits per heavy atom. The molecule has 0 saturated carbocycles. The van der Waals surface area contributed by atoms with Crippen LogP contribution in [0.5, 0.6) is 0 Å². The lowest BCUT2D eigenvalue weighted by Gasteiger charge is -2.12. The van der Waals surface area contributed by atoms with E-state index in [0.29, 0.717) is 12.0 Å². The van der Waals surface area contributed by atoms with Crippen molar-refractivity contribution >= 4 is 15.9 Å². The number of hydrogen-bond acceptors (Lipinski definition) is 1. The first-order valence-corrected chi connectivity index (χ1v) is 7.59. The first-order valence-electron chi connectivity index (χ1n) is 6.79. The maximum Gasteiger partial charge on any atom is 0.127 e. The number of halogens is 2. The molecule has 1 unspecified atom stereocenters. The van der Waals surface area contributed by atoms with Crippen molar-refractivity contribution in [3.05, 3.63) is 69.4 Å². The van der Waals surface area contributed by atoms with Crippen molar-refractivity contribution in [1.29, 1.82) is 0 Å². The van der Waals surface area contributed by atoms with Gasteiger partial charge in [-0.25, -0.2) is 4.39 Å². The number of aryl methyl sites for hydroxylation is 2. The van der Waals surface area contributed by atoms with Crippen molar-refractivity contribution in [3.63, 3.8) is 0 Å². The molecule has 0 amide bonds. The molecule has 0 aliphatic carbocycles. The minimum Gasteiger partial charge on any atom is -0.327 e. The van der Waals surface area contributed by atoms with Gasteiger partial charge < -0.3 is 5.73 Å². The molecule has 2 aromatic rings. The fourth-order valence-corrected chi connectivity index (χ4v) is 2.51. The van der Waals surface area contributed by atoms with Crippen molar-refractivity contribution in [2.24, 2.45) is 5.73 Å². The van der Waals surface area contributed by atoms with Gasteiger partial charge in [0, 0.05) is 10.5 Å². The zero-order chi connectivity index (χ0) is 14.5. The summed E-state index contributed by atoms with van der Waals surface area (Å²) in [5.74, 6) is -0.190. The van der Waals surface area contributed by atoms with Crippen molar-refractivity contribution < 1.29 is 4.39 Å². The summed E-state index contributed by atoms with van der Waals surface area (Å²) in [6.07, 6.45) is 2.36. The molecule has 1 atom stereocenters. The molecule has 106 valence electrons. The van der Waals surface area contributed by atoms with E-state index in [1.165, 1.54) is 17.2 Å². The van der Waals surface area contributed by atoms with Crippen LogP contribution < -0.4 is 5.73 Å². The Balaban J connectivity index is 1.89. The van der Waals surface area contributed by atoms with E-state index < -0.39 is 0 Å². The first kappa shape index (κ1) is 15.2. The van der Waals surface area contributed by atoms with Crippen LogP contribution in [-0.2, 0) is 12.8 Å². The summed E-state index contributed by atoms with van der Waals surface area (Å²) in [6.45, 7) is 2.08. The summed E-state index contributed by atoms with van der Waals surface area (Å²) < 4.78 is 14.5. The highest BCUT2D eigenvalue weighted by Gasteiger charge is 2.09. The molecular weight excluding hydrogens is 317 g/mol. The third-order valence-corrected chi connectivity index (χ3v) is 3.91. The van der Waals surface area contributed by atoms with E-state index in [0.717, 1.165) is 17.3 Å². The largest absolute Gasteiger partial charge is 0.327 e. The van der Waals surface area contributed by atoms with E-state index in [-0.39, 0.29) is 11.9 Å². The van der Waals surface area contributed by atoms with Crippen LogP contribution in [-0.4, -0.2) is 6.04 Å². The van der Waals surface area contributed by atoms with E-state index in [2.05, 4.69) is 47.1 Å². The van der Waals surface area contributed by atoms with Crippen molar-refractivity contribution in [2.45, 2.75) is 32.2 Å². The van der Waals surface area contributed by atoms with E-state index >= 15 is 0 Å². The van der Waals surface area contributed by atoms with E-state index in [9.17, 15) is 4.39 Å². The fourth-order valence-electron chi connectivity index (χ4n) is 2.18. The fraction of sp³-hybridized carbons (Fsp3) is 0.294. The predicted molar refractivity (Wildman–Crippen MR) is 85.3 cm³/mol. The Kier molecular flexibility index (Phi) is 5.32. The van der Waals surface area contributed by atoms with Gasteiger partial charge in [0.2, 0.25) is 0 Å². The molecule has 2 N–H and O–H groups in total. The average Bonchev–Trinajstić information content (AvgIpc) is 2.41. The van der Waals surface area contributed by atoms with Crippen LogP contribution >= 0.6 is 15.9 Å². The average molecular weight is 336 g/mol. The summed E-state index contributed by atoms with van der Waals surface area (Å²) in [7, 11) is 0. The summed E-state index contributed by atoms with van der Waals surface area (Å²) in [4.78, 5) is 0. The third kappa shape index (κ3) is 4.43. The van der Waals surface area contributed by atoms with E-state index in [4.69, 9.17) is 5.73 Å². The molecule has 0 bridgehead atoms. The lowest BCUT2D eigenvalue weighted by Crippen LogP contribution is -2.24. The topological polar surface area (TPSA) is 26.0 Å². The van der Waals surface area contributed by atoms with Gasteiger partial charge in [0.1, 0.15) is 5.82 Å². The second-order valence-electron chi connectivity index (χ2n) is 5.22. The molecule has 0 heterocycles. The number of hydrogen-bond donors (Lipinski definition) is 1. The van der Waals surface area contributed by atoms with Crippen molar-refractivity contribution in [2.75, 3.05) is 0 Å². The molecule has 2 rings (SSSR count). The highest BCUT2D eigenvalue weighted by molar-refractivity contribution is 9.10. The Bertz CT molecular complexity index is 566. The minimum absolute atomic E-state index is 0.0213. The van der Waals surface area contributed by atoms with Gasteiger partial charge in [-0.2, -0.15) is 0 Å². The lowest BCUT2D eigenvalue weighted by atomic mass is 9.99. The van der Waals surface area contributed by atoms with Crippen LogP contribution in [0.1, 0.15) is 23.1 Å². The zero-order valence-corrected chi connectivity index (χ0v) is 13.2. The normalized spacial score (nSPS) is 12.4. The molecule has 0 aromatic heterocycles. The van der Waals surface area contributed by atoms with Gasteiger partial charge in [-0.3, -0.25) is 0 Å². The van der Waals surface area contributed by atoms with Crippen molar-refractivity contribution in [1.82, 2.24) is 0 Å². The highest BCUT2D eigenvalue weighted by atomic mass is 79.9. The van der Waals surface area contributed by atoms with Crippen LogP contribution in [0.4, 0.5) is 4.39 Å². The summed E-state index contributed by atoms with van der Waals surface area (Å²) in [5, 5.41) is 0. The summed E-state index contributed by atoms with van der Waals surface area (Å²) in [6, 6.07) is 13.6. The quantitative estimate of drug-likeness (QED) is 0.860. The molecule has 0 saturated heterocycles. The molecule has 3 heteroatoms. The second-order valence-corrected chi connectivity index (χ2v) is 6.14. The minimum atomic E-state index is -0.190. The van der Waals surface area contributed by atoms with E-state index in [1.807, 2.05) is 6.07 Å². The van der Waals surface area contributed by atoms with Crippen LogP contribution in [0, 0.1) is 12.7 Å². The molecule has 0 fully saturated rings. The van der Waals surface area contributed by atoms with Gasteiger partial charge in [-0.1, -0.05) is 51.8 Å². The van der Waals surface area contributed by atoms with Gasteiger partial charge in [-0.05, 0) is 49.4 Å². The van der Waals surface area contributed by atoms with Crippen LogP contribution in [0.2, 0.25) is 0 Å². The van der Waals surface area contributed by atoms with Gasteiger partial charge in [0.15, 0.2) is 0 Å². The standard InChI is InChI=1S/C17H19BrFN/c1-12-2-4-13(5-3-12)6-9-16(20)10-14-7-8-15(18)11-17(14)19/h2-5,7-8,11,16H,6,9-10,20H2,1H3. The van der Waals surface area contributed by atoms with Gasteiger partial charge in [-0.15, -0.1) is 0 Å². The molecular formula is C17H19BrFN. The number of nitrogens with two attached hydrogens (primary N) is 1. The summed E-state index contributed by atoms with van der Waals surface area (Å²) in [5.41, 5.74) is 9.34.